The molecule has 218 valence electrons. The molecule has 0 bridgehead atoms. The first-order valence-electron chi connectivity index (χ1n) is 12.9. The molecule has 1 amide bonds. The second-order valence-corrected chi connectivity index (χ2v) is 12.4. The molecule has 1 heterocycles. The Bertz CT molecular complexity index is 1680. The number of hydrogen-bond donors (Lipinski definition) is 0. The molecule has 41 heavy (non-hydrogen) atoms. The highest BCUT2D eigenvalue weighted by Crippen LogP contribution is 2.44. The molecule has 1 fully saturated rings. The van der Waals surface area contributed by atoms with Crippen molar-refractivity contribution in [2.45, 2.75) is 31.2 Å². The highest BCUT2D eigenvalue weighted by molar-refractivity contribution is 7.86. The van der Waals surface area contributed by atoms with Crippen molar-refractivity contribution in [1.82, 2.24) is 9.80 Å². The number of rotatable bonds is 7. The minimum Gasteiger partial charge on any atom is -0.448 e. The van der Waals surface area contributed by atoms with E-state index in [4.69, 9.17) is 4.74 Å². The third kappa shape index (κ3) is 6.07. The summed E-state index contributed by atoms with van der Waals surface area (Å²) in [5.41, 5.74) is 4.54. The molecule has 1 aliphatic heterocycles. The number of benzene rings is 3. The van der Waals surface area contributed by atoms with Crippen LogP contribution < -0.4 is 4.18 Å². The maximum atomic E-state index is 14.0. The Hall–Kier alpha value is -3.55. The van der Waals surface area contributed by atoms with Gasteiger partial charge in [-0.15, -0.1) is 3.89 Å². The summed E-state index contributed by atoms with van der Waals surface area (Å²) in [5.74, 6) is -0.638. The first-order valence-corrected chi connectivity index (χ1v) is 15.6. The maximum absolute atomic E-state index is 14.0. The molecule has 3 aromatic rings. The van der Waals surface area contributed by atoms with E-state index in [0.29, 0.717) is 26.2 Å². The molecule has 0 radical (unpaired) electrons. The van der Waals surface area contributed by atoms with Crippen molar-refractivity contribution in [3.8, 4) is 16.9 Å². The second kappa shape index (κ2) is 11.0. The lowest BCUT2D eigenvalue weighted by atomic mass is 9.98. The van der Waals surface area contributed by atoms with Gasteiger partial charge in [0.05, 0.1) is 0 Å². The highest BCUT2D eigenvalue weighted by Gasteiger charge is 2.31. The molecule has 0 N–H and O–H groups in total. The van der Waals surface area contributed by atoms with Crippen molar-refractivity contribution in [3.05, 3.63) is 82.4 Å². The van der Waals surface area contributed by atoms with E-state index in [2.05, 4.69) is 16.3 Å². The highest BCUT2D eigenvalue weighted by atomic mass is 32.3. The summed E-state index contributed by atoms with van der Waals surface area (Å²) in [6.45, 7) is 4.25. The minimum atomic E-state index is -5.48. The van der Waals surface area contributed by atoms with Gasteiger partial charge in [-0.3, -0.25) is 4.90 Å². The van der Waals surface area contributed by atoms with Crippen molar-refractivity contribution >= 4 is 26.8 Å². The van der Waals surface area contributed by atoms with E-state index in [1.54, 1.807) is 4.90 Å². The number of amides is 1. The van der Waals surface area contributed by atoms with Gasteiger partial charge in [-0.05, 0) is 53.3 Å². The van der Waals surface area contributed by atoms with Gasteiger partial charge in [0.1, 0.15) is 11.5 Å². The minimum absolute atomic E-state index is 0.0670. The van der Waals surface area contributed by atoms with Crippen LogP contribution in [0.25, 0.3) is 11.1 Å². The first-order chi connectivity index (χ1) is 19.3. The Labute approximate surface area is 237 Å². The molecule has 0 saturated carbocycles. The molecule has 13 heteroatoms. The molecular weight excluding hydrogens is 578 g/mol. The summed E-state index contributed by atoms with van der Waals surface area (Å²) in [6.07, 6.45) is -0.451. The smallest absolute Gasteiger partial charge is 0.448 e. The Morgan fingerprint density at radius 3 is 1.98 bits per heavy atom. The zero-order chi connectivity index (χ0) is 29.5. The summed E-state index contributed by atoms with van der Waals surface area (Å²) >= 11 is 0. The molecule has 0 unspecified atom stereocenters. The van der Waals surface area contributed by atoms with E-state index >= 15 is 0 Å². The summed E-state index contributed by atoms with van der Waals surface area (Å²) in [4.78, 5) is 15.6. The molecule has 5 rings (SSSR count). The number of fused-ring (bicyclic) bond motifs is 3. The zero-order valence-electron chi connectivity index (χ0n) is 22.3. The Balaban J connectivity index is 1.24. The normalized spacial score (nSPS) is 15.9. The Morgan fingerprint density at radius 1 is 0.878 bits per heavy atom. The predicted molar refractivity (Wildman–Crippen MR) is 147 cm³/mol. The summed E-state index contributed by atoms with van der Waals surface area (Å²) in [5, 5.41) is 0. The molecule has 0 atom stereocenters. The van der Waals surface area contributed by atoms with Gasteiger partial charge in [0, 0.05) is 44.2 Å². The van der Waals surface area contributed by atoms with Crippen molar-refractivity contribution in [1.29, 1.82) is 0 Å². The predicted octanol–water partition coefficient (Wildman–Crippen LogP) is 4.62. The molecule has 2 aliphatic rings. The van der Waals surface area contributed by atoms with Crippen LogP contribution in [0.1, 0.15) is 33.7 Å². The molecular formula is C28H28F2N2O7S2. The fraction of sp³-hybridized carbons (Fsp3) is 0.321. The van der Waals surface area contributed by atoms with Crippen LogP contribution in [0.2, 0.25) is 0 Å². The van der Waals surface area contributed by atoms with Gasteiger partial charge in [0.15, 0.2) is 5.75 Å². The molecule has 3 aromatic carbocycles. The number of hydrogen-bond acceptors (Lipinski definition) is 8. The van der Waals surface area contributed by atoms with Gasteiger partial charge in [0.2, 0.25) is 0 Å². The largest absolute Gasteiger partial charge is 0.488 e. The van der Waals surface area contributed by atoms with Gasteiger partial charge in [-0.2, -0.15) is 16.8 Å². The fourth-order valence-electron chi connectivity index (χ4n) is 5.57. The molecule has 0 spiro atoms. The van der Waals surface area contributed by atoms with Crippen molar-refractivity contribution in [2.75, 3.05) is 32.8 Å². The fourth-order valence-corrected chi connectivity index (χ4v) is 6.76. The Morgan fingerprint density at radius 2 is 1.44 bits per heavy atom. The lowest BCUT2D eigenvalue weighted by Gasteiger charge is -2.34. The monoisotopic (exact) mass is 606 g/mol. The molecule has 0 aromatic heterocycles. The maximum Gasteiger partial charge on any atom is 0.488 e. The third-order valence-electron chi connectivity index (χ3n) is 7.64. The molecule has 9 nitrogen and oxygen atoms in total. The molecule has 1 aliphatic carbocycles. The average Bonchev–Trinajstić information content (AvgIpc) is 3.24. The van der Waals surface area contributed by atoms with Gasteiger partial charge in [-0.25, -0.2) is 4.79 Å². The standard InChI is InChI=1S/C28H28F2N2O7S2/c1-18-20(15-26(40(29,34)35)19(2)27(18)39-41(30,36)37)16-31-11-13-32(14-12-31)28(33)38-17-25-23-9-5-3-7-21(23)22-8-4-6-10-24(22)25/h3-10,15,25H,11-14,16-17H2,1-2H3. The van der Waals surface area contributed by atoms with Crippen LogP contribution in [0, 0.1) is 13.8 Å². The van der Waals surface area contributed by atoms with Crippen molar-refractivity contribution in [2.24, 2.45) is 0 Å². The van der Waals surface area contributed by atoms with E-state index in [0.717, 1.165) is 35.2 Å². The van der Waals surface area contributed by atoms with Crippen LogP contribution in [-0.4, -0.2) is 65.5 Å². The van der Waals surface area contributed by atoms with Crippen LogP contribution in [-0.2, 0) is 32.0 Å². The topological polar surface area (TPSA) is 110 Å². The quantitative estimate of drug-likeness (QED) is 0.359. The number of carbonyl (C=O) groups excluding carboxylic acids is 1. The van der Waals surface area contributed by atoms with E-state index in [1.807, 2.05) is 41.3 Å². The zero-order valence-corrected chi connectivity index (χ0v) is 24.0. The number of halogens is 2. The van der Waals surface area contributed by atoms with Gasteiger partial charge in [-0.1, -0.05) is 52.4 Å². The van der Waals surface area contributed by atoms with Crippen LogP contribution in [0.5, 0.6) is 5.75 Å². The average molecular weight is 607 g/mol. The summed E-state index contributed by atoms with van der Waals surface area (Å²) in [7, 11) is -10.7. The number of ether oxygens (including phenoxy) is 1. The number of piperazine rings is 1. The van der Waals surface area contributed by atoms with E-state index in [1.165, 1.54) is 6.92 Å². The summed E-state index contributed by atoms with van der Waals surface area (Å²) in [6, 6.07) is 17.2. The van der Waals surface area contributed by atoms with Gasteiger partial charge in [0.25, 0.3) is 0 Å². The Kier molecular flexibility index (Phi) is 7.79. The van der Waals surface area contributed by atoms with E-state index in [9.17, 15) is 29.4 Å². The summed E-state index contributed by atoms with van der Waals surface area (Å²) < 4.78 is 83.1. The van der Waals surface area contributed by atoms with Crippen LogP contribution >= 0.6 is 0 Å². The number of nitrogens with zero attached hydrogens (tertiary/aromatic N) is 2. The first kappa shape index (κ1) is 29.0. The van der Waals surface area contributed by atoms with Crippen LogP contribution in [0.4, 0.5) is 12.6 Å². The lowest BCUT2D eigenvalue weighted by Crippen LogP contribution is -2.48. The second-order valence-electron chi connectivity index (χ2n) is 10.1. The van der Waals surface area contributed by atoms with Crippen molar-refractivity contribution < 1.29 is 38.3 Å². The van der Waals surface area contributed by atoms with Crippen LogP contribution in [0.15, 0.2) is 59.5 Å². The SMILES string of the molecule is Cc1c(CN2CCN(C(=O)OCC3c4ccccc4-c4ccccc43)CC2)cc(S(=O)(=O)F)c(C)c1OS(=O)(=O)F. The van der Waals surface area contributed by atoms with Gasteiger partial charge >= 0.3 is 26.8 Å². The van der Waals surface area contributed by atoms with Crippen LogP contribution in [0.3, 0.4) is 0 Å². The molecule has 1 saturated heterocycles. The third-order valence-corrected chi connectivity index (χ3v) is 8.96. The van der Waals surface area contributed by atoms with E-state index < -0.39 is 37.5 Å². The van der Waals surface area contributed by atoms with Gasteiger partial charge < -0.3 is 13.8 Å². The number of carbonyl (C=O) groups is 1. The lowest BCUT2D eigenvalue weighted by molar-refractivity contribution is 0.0728. The van der Waals surface area contributed by atoms with E-state index in [-0.39, 0.29) is 35.8 Å². The van der Waals surface area contributed by atoms with Crippen molar-refractivity contribution in [3.63, 3.8) is 0 Å².